The molecule has 0 spiro atoms. The third-order valence-electron chi connectivity index (χ3n) is 1.66. The Morgan fingerprint density at radius 2 is 2.08 bits per heavy atom. The Morgan fingerprint density at radius 1 is 1.42 bits per heavy atom. The summed E-state index contributed by atoms with van der Waals surface area (Å²) in [4.78, 5) is 0. The van der Waals surface area contributed by atoms with Gasteiger partial charge in [-0.3, -0.25) is 0 Å². The maximum absolute atomic E-state index is 13.2. The molecule has 66 valence electrons. The number of rotatable bonds is 2. The zero-order valence-electron chi connectivity index (χ0n) is 6.70. The van der Waals surface area contributed by atoms with Gasteiger partial charge in [0.25, 0.3) is 0 Å². The van der Waals surface area contributed by atoms with E-state index in [0.717, 1.165) is 0 Å². The molecule has 12 heavy (non-hydrogen) atoms. The van der Waals surface area contributed by atoms with Gasteiger partial charge in [-0.15, -0.1) is 0 Å². The summed E-state index contributed by atoms with van der Waals surface area (Å²) >= 11 is 0. The molecule has 0 radical (unpaired) electrons. The molecule has 0 aliphatic carbocycles. The van der Waals surface area contributed by atoms with E-state index in [1.54, 1.807) is 7.05 Å². The summed E-state index contributed by atoms with van der Waals surface area (Å²) < 4.78 is 26.0. The molecule has 0 saturated heterocycles. The predicted octanol–water partition coefficient (Wildman–Crippen LogP) is 1.47. The lowest BCUT2D eigenvalue weighted by molar-refractivity contribution is 0.559. The maximum Gasteiger partial charge on any atom is 0.153 e. The number of halogens is 2. The van der Waals surface area contributed by atoms with Gasteiger partial charge < -0.3 is 11.1 Å². The summed E-state index contributed by atoms with van der Waals surface area (Å²) in [6, 6.07) is 2.53. The molecule has 0 fully saturated rings. The highest BCUT2D eigenvalue weighted by Gasteiger charge is 2.10. The lowest BCUT2D eigenvalue weighted by Gasteiger charge is -2.06. The molecule has 0 aromatic heterocycles. The van der Waals surface area contributed by atoms with Gasteiger partial charge in [0.2, 0.25) is 0 Å². The van der Waals surface area contributed by atoms with Gasteiger partial charge in [0.1, 0.15) is 5.82 Å². The van der Waals surface area contributed by atoms with Crippen LogP contribution in [0.5, 0.6) is 0 Å². The summed E-state index contributed by atoms with van der Waals surface area (Å²) in [5.74, 6) is -1.21. The van der Waals surface area contributed by atoms with Crippen LogP contribution >= 0.6 is 0 Å². The fourth-order valence-corrected chi connectivity index (χ4v) is 0.978. The van der Waals surface area contributed by atoms with Crippen molar-refractivity contribution in [2.24, 2.45) is 5.73 Å². The first-order valence-corrected chi connectivity index (χ1v) is 3.55. The van der Waals surface area contributed by atoms with Gasteiger partial charge >= 0.3 is 0 Å². The summed E-state index contributed by atoms with van der Waals surface area (Å²) in [5, 5.41) is 2.60. The predicted molar refractivity (Wildman–Crippen MR) is 43.8 cm³/mol. The zero-order valence-corrected chi connectivity index (χ0v) is 6.70. The number of benzene rings is 1. The average Bonchev–Trinajstić information content (AvgIpc) is 2.06. The van der Waals surface area contributed by atoms with Crippen LogP contribution in [-0.4, -0.2) is 7.05 Å². The standard InChI is InChI=1S/C8H10F2N2/c1-12-7-3-2-6(9)5(4-11)8(7)10/h2-3,12H,4,11H2,1H3. The van der Waals surface area contributed by atoms with Crippen molar-refractivity contribution in [2.45, 2.75) is 6.54 Å². The highest BCUT2D eigenvalue weighted by atomic mass is 19.1. The van der Waals surface area contributed by atoms with E-state index in [1.165, 1.54) is 12.1 Å². The summed E-state index contributed by atoms with van der Waals surface area (Å²) in [7, 11) is 1.57. The van der Waals surface area contributed by atoms with Crippen molar-refractivity contribution >= 4 is 5.69 Å². The van der Waals surface area contributed by atoms with Gasteiger partial charge in [0.05, 0.1) is 5.69 Å². The first kappa shape index (κ1) is 8.93. The van der Waals surface area contributed by atoms with Crippen LogP contribution in [0.4, 0.5) is 14.5 Å². The number of nitrogens with two attached hydrogens (primary N) is 1. The van der Waals surface area contributed by atoms with Crippen LogP contribution < -0.4 is 11.1 Å². The minimum Gasteiger partial charge on any atom is -0.386 e. The second-order valence-corrected chi connectivity index (χ2v) is 2.34. The number of anilines is 1. The van der Waals surface area contributed by atoms with Crippen molar-refractivity contribution in [3.63, 3.8) is 0 Å². The molecule has 0 aliphatic heterocycles. The van der Waals surface area contributed by atoms with Crippen LogP contribution in [-0.2, 0) is 6.54 Å². The highest BCUT2D eigenvalue weighted by Crippen LogP contribution is 2.19. The van der Waals surface area contributed by atoms with Crippen molar-refractivity contribution in [2.75, 3.05) is 12.4 Å². The summed E-state index contributed by atoms with van der Waals surface area (Å²) in [6.07, 6.45) is 0. The first-order valence-electron chi connectivity index (χ1n) is 3.55. The zero-order chi connectivity index (χ0) is 9.14. The lowest BCUT2D eigenvalue weighted by atomic mass is 10.1. The molecule has 0 saturated carbocycles. The molecule has 0 unspecified atom stereocenters. The SMILES string of the molecule is CNc1ccc(F)c(CN)c1F. The molecule has 0 heterocycles. The molecule has 0 aliphatic rings. The highest BCUT2D eigenvalue weighted by molar-refractivity contribution is 5.47. The molecule has 1 rings (SSSR count). The number of nitrogens with one attached hydrogen (secondary N) is 1. The fourth-order valence-electron chi connectivity index (χ4n) is 0.978. The second-order valence-electron chi connectivity index (χ2n) is 2.34. The van der Waals surface area contributed by atoms with Crippen LogP contribution in [0.25, 0.3) is 0 Å². The van der Waals surface area contributed by atoms with Crippen LogP contribution in [0.15, 0.2) is 12.1 Å². The summed E-state index contributed by atoms with van der Waals surface area (Å²) in [6.45, 7) is -0.132. The molecule has 2 nitrogen and oxygen atoms in total. The third-order valence-corrected chi connectivity index (χ3v) is 1.66. The van der Waals surface area contributed by atoms with Gasteiger partial charge in [-0.25, -0.2) is 8.78 Å². The third kappa shape index (κ3) is 1.38. The van der Waals surface area contributed by atoms with E-state index in [0.29, 0.717) is 0 Å². The smallest absolute Gasteiger partial charge is 0.153 e. The molecule has 4 heteroatoms. The molecular formula is C8H10F2N2. The molecule has 0 amide bonds. The number of hydrogen-bond acceptors (Lipinski definition) is 2. The quantitative estimate of drug-likeness (QED) is 0.708. The topological polar surface area (TPSA) is 38.0 Å². The fraction of sp³-hybridized carbons (Fsp3) is 0.250. The van der Waals surface area contributed by atoms with Crippen molar-refractivity contribution in [3.05, 3.63) is 29.3 Å². The monoisotopic (exact) mass is 172 g/mol. The minimum atomic E-state index is -0.611. The number of hydrogen-bond donors (Lipinski definition) is 2. The van der Waals surface area contributed by atoms with Crippen molar-refractivity contribution in [3.8, 4) is 0 Å². The van der Waals surface area contributed by atoms with Crippen LogP contribution in [0.1, 0.15) is 5.56 Å². The Balaban J connectivity index is 3.24. The van der Waals surface area contributed by atoms with E-state index in [-0.39, 0.29) is 17.8 Å². The van der Waals surface area contributed by atoms with Crippen LogP contribution in [0.3, 0.4) is 0 Å². The van der Waals surface area contributed by atoms with Gasteiger partial charge in [-0.1, -0.05) is 0 Å². The Kier molecular flexibility index (Phi) is 2.60. The normalized spacial score (nSPS) is 10.0. The van der Waals surface area contributed by atoms with E-state index in [4.69, 9.17) is 5.73 Å². The van der Waals surface area contributed by atoms with Gasteiger partial charge in [0.15, 0.2) is 5.82 Å². The first-order chi connectivity index (χ1) is 5.70. The molecule has 0 bridgehead atoms. The molecule has 3 N–H and O–H groups in total. The Bertz CT molecular complexity index is 287. The van der Waals surface area contributed by atoms with Crippen molar-refractivity contribution in [1.29, 1.82) is 0 Å². The largest absolute Gasteiger partial charge is 0.386 e. The minimum absolute atomic E-state index is 0.0816. The Morgan fingerprint density at radius 3 is 2.58 bits per heavy atom. The molecule has 1 aromatic rings. The Labute approximate surface area is 69.4 Å². The van der Waals surface area contributed by atoms with E-state index in [9.17, 15) is 8.78 Å². The van der Waals surface area contributed by atoms with Gasteiger partial charge in [-0.05, 0) is 12.1 Å². The Hall–Kier alpha value is -1.16. The lowest BCUT2D eigenvalue weighted by Crippen LogP contribution is -2.05. The van der Waals surface area contributed by atoms with Crippen molar-refractivity contribution in [1.82, 2.24) is 0 Å². The van der Waals surface area contributed by atoms with E-state index in [2.05, 4.69) is 5.32 Å². The molecular weight excluding hydrogens is 162 g/mol. The maximum atomic E-state index is 13.2. The molecule has 0 atom stereocenters. The van der Waals surface area contributed by atoms with Crippen molar-refractivity contribution < 1.29 is 8.78 Å². The van der Waals surface area contributed by atoms with Crippen LogP contribution in [0, 0.1) is 11.6 Å². The summed E-state index contributed by atoms with van der Waals surface area (Å²) in [5.41, 5.74) is 5.35. The molecule has 1 aromatic carbocycles. The second kappa shape index (κ2) is 3.49. The van der Waals surface area contributed by atoms with Crippen LogP contribution in [0.2, 0.25) is 0 Å². The van der Waals surface area contributed by atoms with Gasteiger partial charge in [0, 0.05) is 19.2 Å². The van der Waals surface area contributed by atoms with E-state index >= 15 is 0 Å². The van der Waals surface area contributed by atoms with Gasteiger partial charge in [-0.2, -0.15) is 0 Å². The van der Waals surface area contributed by atoms with E-state index in [1.807, 2.05) is 0 Å². The van der Waals surface area contributed by atoms with E-state index < -0.39 is 11.6 Å². The average molecular weight is 172 g/mol.